The molecular formula is C14H18N4. The molecule has 0 aliphatic carbocycles. The highest BCUT2D eigenvalue weighted by atomic mass is 15.3. The van der Waals surface area contributed by atoms with Crippen LogP contribution in [0, 0.1) is 6.92 Å². The highest BCUT2D eigenvalue weighted by molar-refractivity contribution is 5.60. The summed E-state index contributed by atoms with van der Waals surface area (Å²) in [5.74, 6) is 2.20. The van der Waals surface area contributed by atoms with E-state index in [0.717, 1.165) is 30.3 Å². The zero-order chi connectivity index (χ0) is 12.7. The van der Waals surface area contributed by atoms with Crippen LogP contribution in [0.2, 0.25) is 0 Å². The second kappa shape index (κ2) is 4.12. The lowest BCUT2D eigenvalue weighted by molar-refractivity contribution is 0.751. The Morgan fingerprint density at radius 3 is 2.89 bits per heavy atom. The first kappa shape index (κ1) is 11.3. The molecule has 1 aliphatic rings. The largest absolute Gasteiger partial charge is 0.384 e. The van der Waals surface area contributed by atoms with Crippen LogP contribution in [0.15, 0.2) is 18.2 Å². The lowest BCUT2D eigenvalue weighted by Crippen LogP contribution is -2.01. The highest BCUT2D eigenvalue weighted by Gasteiger charge is 2.14. The zero-order valence-corrected chi connectivity index (χ0v) is 11.1. The van der Waals surface area contributed by atoms with Gasteiger partial charge in [0.25, 0.3) is 0 Å². The van der Waals surface area contributed by atoms with E-state index in [9.17, 15) is 0 Å². The van der Waals surface area contributed by atoms with Crippen LogP contribution < -0.4 is 5.32 Å². The van der Waals surface area contributed by atoms with Gasteiger partial charge in [-0.05, 0) is 31.0 Å². The van der Waals surface area contributed by atoms with Crippen LogP contribution in [0.1, 0.15) is 37.0 Å². The third-order valence-corrected chi connectivity index (χ3v) is 3.35. The van der Waals surface area contributed by atoms with Crippen molar-refractivity contribution in [2.75, 3.05) is 11.9 Å². The van der Waals surface area contributed by atoms with E-state index in [1.54, 1.807) is 0 Å². The molecule has 1 N–H and O–H groups in total. The summed E-state index contributed by atoms with van der Waals surface area (Å²) >= 11 is 0. The molecule has 0 radical (unpaired) electrons. The summed E-state index contributed by atoms with van der Waals surface area (Å²) in [6, 6.07) is 6.46. The highest BCUT2D eigenvalue weighted by Crippen LogP contribution is 2.25. The first-order chi connectivity index (χ1) is 8.65. The molecule has 0 atom stereocenters. The molecular weight excluding hydrogens is 224 g/mol. The van der Waals surface area contributed by atoms with Crippen LogP contribution >= 0.6 is 0 Å². The van der Waals surface area contributed by atoms with E-state index in [2.05, 4.69) is 47.4 Å². The maximum atomic E-state index is 4.58. The molecule has 0 unspecified atom stereocenters. The Balaban J connectivity index is 2.04. The number of benzene rings is 1. The SMILES string of the molecule is Cc1nc(C(C)C)nn1-c1ccc2c(c1)NCC2. The maximum absolute atomic E-state index is 4.58. The third-order valence-electron chi connectivity index (χ3n) is 3.35. The zero-order valence-electron chi connectivity index (χ0n) is 11.1. The minimum Gasteiger partial charge on any atom is -0.384 e. The van der Waals surface area contributed by atoms with E-state index in [4.69, 9.17) is 0 Å². The maximum Gasteiger partial charge on any atom is 0.153 e. The lowest BCUT2D eigenvalue weighted by atomic mass is 10.1. The molecule has 0 saturated heterocycles. The fraction of sp³-hybridized carbons (Fsp3) is 0.429. The van der Waals surface area contributed by atoms with E-state index >= 15 is 0 Å². The predicted molar refractivity (Wildman–Crippen MR) is 72.4 cm³/mol. The van der Waals surface area contributed by atoms with Crippen molar-refractivity contribution in [3.8, 4) is 5.69 Å². The molecule has 94 valence electrons. The number of hydrogen-bond acceptors (Lipinski definition) is 3. The van der Waals surface area contributed by atoms with Gasteiger partial charge in [0.15, 0.2) is 5.82 Å². The van der Waals surface area contributed by atoms with Crippen LogP contribution in [-0.2, 0) is 6.42 Å². The number of nitrogens with one attached hydrogen (secondary N) is 1. The lowest BCUT2D eigenvalue weighted by Gasteiger charge is -2.06. The standard InChI is InChI=1S/C14H18N4/c1-9(2)14-16-10(3)18(17-14)12-5-4-11-6-7-15-13(11)8-12/h4-5,8-9,15H,6-7H2,1-3H3. The van der Waals surface area contributed by atoms with Gasteiger partial charge in [-0.2, -0.15) is 5.10 Å². The van der Waals surface area contributed by atoms with Crippen molar-refractivity contribution < 1.29 is 0 Å². The van der Waals surface area contributed by atoms with Crippen molar-refractivity contribution in [2.24, 2.45) is 0 Å². The van der Waals surface area contributed by atoms with E-state index in [-0.39, 0.29) is 0 Å². The molecule has 4 heteroatoms. The number of aromatic nitrogens is 3. The number of fused-ring (bicyclic) bond motifs is 1. The Morgan fingerprint density at radius 2 is 2.17 bits per heavy atom. The molecule has 0 spiro atoms. The smallest absolute Gasteiger partial charge is 0.153 e. The number of nitrogens with zero attached hydrogens (tertiary/aromatic N) is 3. The molecule has 0 amide bonds. The van der Waals surface area contributed by atoms with Crippen molar-refractivity contribution in [1.29, 1.82) is 0 Å². The topological polar surface area (TPSA) is 42.7 Å². The Hall–Kier alpha value is -1.84. The van der Waals surface area contributed by atoms with Gasteiger partial charge in [-0.25, -0.2) is 9.67 Å². The van der Waals surface area contributed by atoms with Crippen molar-refractivity contribution in [3.63, 3.8) is 0 Å². The number of aryl methyl sites for hydroxylation is 1. The summed E-state index contributed by atoms with van der Waals surface area (Å²) in [5.41, 5.74) is 3.70. The van der Waals surface area contributed by atoms with Gasteiger partial charge in [0.05, 0.1) is 5.69 Å². The third kappa shape index (κ3) is 1.78. The Bertz CT molecular complexity index is 583. The van der Waals surface area contributed by atoms with Crippen molar-refractivity contribution in [1.82, 2.24) is 14.8 Å². The average Bonchev–Trinajstić information content (AvgIpc) is 2.93. The minimum atomic E-state index is 0.359. The second-order valence-electron chi connectivity index (χ2n) is 5.10. The van der Waals surface area contributed by atoms with Gasteiger partial charge in [0.2, 0.25) is 0 Å². The summed E-state index contributed by atoms with van der Waals surface area (Å²) in [6.45, 7) is 7.26. The van der Waals surface area contributed by atoms with E-state index < -0.39 is 0 Å². The molecule has 1 aromatic heterocycles. The van der Waals surface area contributed by atoms with Crippen LogP contribution in [0.4, 0.5) is 5.69 Å². The van der Waals surface area contributed by atoms with E-state index in [1.165, 1.54) is 11.3 Å². The van der Waals surface area contributed by atoms with Gasteiger partial charge >= 0.3 is 0 Å². The van der Waals surface area contributed by atoms with Gasteiger partial charge in [-0.15, -0.1) is 0 Å². The van der Waals surface area contributed by atoms with Gasteiger partial charge in [-0.3, -0.25) is 0 Å². The van der Waals surface area contributed by atoms with Gasteiger partial charge < -0.3 is 5.32 Å². The first-order valence-corrected chi connectivity index (χ1v) is 6.46. The molecule has 2 aromatic rings. The monoisotopic (exact) mass is 242 g/mol. The summed E-state index contributed by atoms with van der Waals surface area (Å²) in [7, 11) is 0. The number of anilines is 1. The van der Waals surface area contributed by atoms with Crippen molar-refractivity contribution >= 4 is 5.69 Å². The Morgan fingerprint density at radius 1 is 1.33 bits per heavy atom. The molecule has 2 heterocycles. The van der Waals surface area contributed by atoms with Gasteiger partial charge in [0.1, 0.15) is 5.82 Å². The second-order valence-corrected chi connectivity index (χ2v) is 5.10. The Labute approximate surface area is 107 Å². The number of hydrogen-bond donors (Lipinski definition) is 1. The summed E-state index contributed by atoms with van der Waals surface area (Å²) in [4.78, 5) is 4.51. The van der Waals surface area contributed by atoms with Crippen LogP contribution in [0.5, 0.6) is 0 Å². The van der Waals surface area contributed by atoms with Crippen LogP contribution in [0.25, 0.3) is 5.69 Å². The fourth-order valence-electron chi connectivity index (χ4n) is 2.31. The average molecular weight is 242 g/mol. The molecule has 3 rings (SSSR count). The minimum absolute atomic E-state index is 0.359. The Kier molecular flexibility index (Phi) is 2.58. The van der Waals surface area contributed by atoms with E-state index in [0.29, 0.717) is 5.92 Å². The molecule has 0 saturated carbocycles. The fourth-order valence-corrected chi connectivity index (χ4v) is 2.31. The van der Waals surface area contributed by atoms with Crippen molar-refractivity contribution in [2.45, 2.75) is 33.1 Å². The number of rotatable bonds is 2. The van der Waals surface area contributed by atoms with E-state index in [1.807, 2.05) is 11.6 Å². The van der Waals surface area contributed by atoms with Crippen LogP contribution in [0.3, 0.4) is 0 Å². The normalized spacial score (nSPS) is 13.8. The summed E-state index contributed by atoms with van der Waals surface area (Å²) in [6.07, 6.45) is 1.11. The predicted octanol–water partition coefficient (Wildman–Crippen LogP) is 2.67. The molecule has 1 aliphatic heterocycles. The summed E-state index contributed by atoms with van der Waals surface area (Å²) < 4.78 is 1.93. The molecule has 0 bridgehead atoms. The van der Waals surface area contributed by atoms with Gasteiger partial charge in [-0.1, -0.05) is 19.9 Å². The summed E-state index contributed by atoms with van der Waals surface area (Å²) in [5, 5.41) is 7.98. The van der Waals surface area contributed by atoms with Crippen molar-refractivity contribution in [3.05, 3.63) is 35.4 Å². The molecule has 18 heavy (non-hydrogen) atoms. The van der Waals surface area contributed by atoms with Crippen LogP contribution in [-0.4, -0.2) is 21.3 Å². The quantitative estimate of drug-likeness (QED) is 0.880. The van der Waals surface area contributed by atoms with Gasteiger partial charge in [0, 0.05) is 18.2 Å². The molecule has 4 nitrogen and oxygen atoms in total. The molecule has 1 aromatic carbocycles. The molecule has 0 fully saturated rings. The first-order valence-electron chi connectivity index (χ1n) is 6.46.